The van der Waals surface area contributed by atoms with E-state index in [1.807, 2.05) is 0 Å². The summed E-state index contributed by atoms with van der Waals surface area (Å²) in [6.07, 6.45) is 7.68. The molecule has 0 fully saturated rings. The zero-order valence-electron chi connectivity index (χ0n) is 17.5. The minimum absolute atomic E-state index is 0.0992. The van der Waals surface area contributed by atoms with Crippen LogP contribution in [0.25, 0.3) is 0 Å². The van der Waals surface area contributed by atoms with Crippen molar-refractivity contribution in [3.05, 3.63) is 21.8 Å². The van der Waals surface area contributed by atoms with Crippen molar-refractivity contribution in [1.82, 2.24) is 14.8 Å². The van der Waals surface area contributed by atoms with Crippen molar-refractivity contribution in [2.75, 3.05) is 11.1 Å². The standard InChI is InChI=1S/C21H29N5OS2/c1-4-11-26-19(14(2)3)24-25-21(26)28-13-18(27)23-20-16(12-22)15-9-7-5-6-8-10-17(15)29-20/h14H,4-11,13H2,1-3H3,(H,23,27). The summed E-state index contributed by atoms with van der Waals surface area (Å²) < 4.78 is 2.11. The van der Waals surface area contributed by atoms with Crippen molar-refractivity contribution in [2.24, 2.45) is 0 Å². The van der Waals surface area contributed by atoms with E-state index >= 15 is 0 Å². The molecule has 2 aromatic heterocycles. The second kappa shape index (κ2) is 10.3. The normalized spacial score (nSPS) is 14.2. The van der Waals surface area contributed by atoms with Crippen LogP contribution < -0.4 is 5.32 Å². The maximum absolute atomic E-state index is 12.6. The molecule has 156 valence electrons. The summed E-state index contributed by atoms with van der Waals surface area (Å²) in [4.78, 5) is 13.9. The van der Waals surface area contributed by atoms with Crippen LogP contribution in [-0.4, -0.2) is 26.4 Å². The highest BCUT2D eigenvalue weighted by atomic mass is 32.2. The molecule has 0 aliphatic heterocycles. The van der Waals surface area contributed by atoms with E-state index in [0.717, 1.165) is 55.2 Å². The van der Waals surface area contributed by atoms with Gasteiger partial charge in [0, 0.05) is 17.3 Å². The van der Waals surface area contributed by atoms with Gasteiger partial charge in [-0.1, -0.05) is 45.4 Å². The Labute approximate surface area is 181 Å². The number of thioether (sulfide) groups is 1. The largest absolute Gasteiger partial charge is 0.316 e. The lowest BCUT2D eigenvalue weighted by atomic mass is 9.97. The number of nitriles is 1. The van der Waals surface area contributed by atoms with Gasteiger partial charge >= 0.3 is 0 Å². The van der Waals surface area contributed by atoms with Crippen LogP contribution in [0.2, 0.25) is 0 Å². The quantitative estimate of drug-likeness (QED) is 0.614. The zero-order valence-corrected chi connectivity index (χ0v) is 19.1. The first-order chi connectivity index (χ1) is 14.0. The van der Waals surface area contributed by atoms with E-state index in [0.29, 0.717) is 16.5 Å². The highest BCUT2D eigenvalue weighted by Crippen LogP contribution is 2.36. The molecule has 1 aliphatic carbocycles. The first-order valence-electron chi connectivity index (χ1n) is 10.5. The van der Waals surface area contributed by atoms with Crippen LogP contribution in [0.4, 0.5) is 5.00 Å². The van der Waals surface area contributed by atoms with E-state index in [4.69, 9.17) is 0 Å². The summed E-state index contributed by atoms with van der Waals surface area (Å²) in [5.41, 5.74) is 1.82. The molecule has 6 nitrogen and oxygen atoms in total. The highest BCUT2D eigenvalue weighted by Gasteiger charge is 2.21. The minimum Gasteiger partial charge on any atom is -0.316 e. The van der Waals surface area contributed by atoms with Crippen molar-refractivity contribution in [3.8, 4) is 6.07 Å². The van der Waals surface area contributed by atoms with Gasteiger partial charge in [0.25, 0.3) is 0 Å². The van der Waals surface area contributed by atoms with Gasteiger partial charge in [0.15, 0.2) is 5.16 Å². The number of aryl methyl sites for hydroxylation is 1. The van der Waals surface area contributed by atoms with E-state index in [9.17, 15) is 10.1 Å². The van der Waals surface area contributed by atoms with Crippen molar-refractivity contribution in [1.29, 1.82) is 5.26 Å². The number of carbonyl (C=O) groups is 1. The predicted molar refractivity (Wildman–Crippen MR) is 119 cm³/mol. The van der Waals surface area contributed by atoms with Crippen LogP contribution >= 0.6 is 23.1 Å². The fraction of sp³-hybridized carbons (Fsp3) is 0.619. The molecule has 1 amide bonds. The van der Waals surface area contributed by atoms with Gasteiger partial charge in [-0.25, -0.2) is 0 Å². The molecule has 2 aromatic rings. The molecule has 0 radical (unpaired) electrons. The summed E-state index contributed by atoms with van der Waals surface area (Å²) in [6.45, 7) is 7.17. The maximum Gasteiger partial charge on any atom is 0.235 e. The van der Waals surface area contributed by atoms with Crippen molar-refractivity contribution < 1.29 is 4.79 Å². The van der Waals surface area contributed by atoms with E-state index < -0.39 is 0 Å². The van der Waals surface area contributed by atoms with Crippen LogP contribution in [0.15, 0.2) is 5.16 Å². The fourth-order valence-electron chi connectivity index (χ4n) is 3.69. The molecule has 29 heavy (non-hydrogen) atoms. The number of carbonyl (C=O) groups excluding carboxylic acids is 1. The van der Waals surface area contributed by atoms with Gasteiger partial charge in [-0.15, -0.1) is 21.5 Å². The molecule has 0 bridgehead atoms. The average Bonchev–Trinajstić information content (AvgIpc) is 3.21. The van der Waals surface area contributed by atoms with Crippen molar-refractivity contribution >= 4 is 34.0 Å². The topological polar surface area (TPSA) is 83.6 Å². The summed E-state index contributed by atoms with van der Waals surface area (Å²) in [5, 5.41) is 22.8. The summed E-state index contributed by atoms with van der Waals surface area (Å²) >= 11 is 2.99. The molecule has 2 heterocycles. The molecule has 1 N–H and O–H groups in total. The van der Waals surface area contributed by atoms with Crippen LogP contribution in [-0.2, 0) is 24.2 Å². The van der Waals surface area contributed by atoms with E-state index in [1.165, 1.54) is 29.5 Å². The SMILES string of the molecule is CCCn1c(SCC(=O)Nc2sc3c(c2C#N)CCCCCC3)nnc1C(C)C. The number of hydrogen-bond acceptors (Lipinski definition) is 6. The van der Waals surface area contributed by atoms with E-state index in [-0.39, 0.29) is 11.7 Å². The van der Waals surface area contributed by atoms with Crippen LogP contribution in [0.5, 0.6) is 0 Å². The van der Waals surface area contributed by atoms with Crippen LogP contribution in [0.1, 0.15) is 80.6 Å². The molecule has 0 unspecified atom stereocenters. The first-order valence-corrected chi connectivity index (χ1v) is 12.3. The van der Waals surface area contributed by atoms with Crippen molar-refractivity contribution in [3.63, 3.8) is 0 Å². The number of thiophene rings is 1. The Bertz CT molecular complexity index is 894. The summed E-state index contributed by atoms with van der Waals surface area (Å²) in [7, 11) is 0. The second-order valence-corrected chi connectivity index (χ2v) is 9.77. The minimum atomic E-state index is -0.0992. The first kappa shape index (κ1) is 21.8. The Kier molecular flexibility index (Phi) is 7.73. The smallest absolute Gasteiger partial charge is 0.235 e. The monoisotopic (exact) mass is 431 g/mol. The molecule has 1 aliphatic rings. The number of anilines is 1. The second-order valence-electron chi connectivity index (χ2n) is 7.72. The van der Waals surface area contributed by atoms with Gasteiger partial charge in [-0.05, 0) is 37.7 Å². The summed E-state index contributed by atoms with van der Waals surface area (Å²) in [5.74, 6) is 1.41. The maximum atomic E-state index is 12.6. The van der Waals surface area contributed by atoms with Crippen LogP contribution in [0, 0.1) is 11.3 Å². The third-order valence-corrected chi connectivity index (χ3v) is 7.25. The molecule has 8 heteroatoms. The summed E-state index contributed by atoms with van der Waals surface area (Å²) in [6, 6.07) is 2.34. The zero-order chi connectivity index (χ0) is 20.8. The number of fused-ring (bicyclic) bond motifs is 1. The number of aromatic nitrogens is 3. The lowest BCUT2D eigenvalue weighted by molar-refractivity contribution is -0.113. The number of nitrogens with zero attached hydrogens (tertiary/aromatic N) is 4. The highest BCUT2D eigenvalue weighted by molar-refractivity contribution is 7.99. The Morgan fingerprint density at radius 2 is 2.03 bits per heavy atom. The number of amides is 1. The molecule has 0 atom stereocenters. The average molecular weight is 432 g/mol. The lowest BCUT2D eigenvalue weighted by Gasteiger charge is -2.10. The third kappa shape index (κ3) is 5.20. The lowest BCUT2D eigenvalue weighted by Crippen LogP contribution is -2.15. The van der Waals surface area contributed by atoms with Gasteiger partial charge in [-0.2, -0.15) is 5.26 Å². The molecule has 0 aromatic carbocycles. The molecule has 0 spiro atoms. The third-order valence-electron chi connectivity index (χ3n) is 5.08. The van der Waals surface area contributed by atoms with Crippen molar-refractivity contribution in [2.45, 2.75) is 83.3 Å². The molecule has 3 rings (SSSR count). The molecular weight excluding hydrogens is 402 g/mol. The van der Waals surface area contributed by atoms with E-state index in [1.54, 1.807) is 11.3 Å². The molecule has 0 saturated carbocycles. The Morgan fingerprint density at radius 3 is 2.72 bits per heavy atom. The fourth-order valence-corrected chi connectivity index (χ4v) is 5.71. The Hall–Kier alpha value is -1.85. The van der Waals surface area contributed by atoms with E-state index in [2.05, 4.69) is 46.9 Å². The Balaban J connectivity index is 1.69. The predicted octanol–water partition coefficient (Wildman–Crippen LogP) is 5.13. The number of hydrogen-bond donors (Lipinski definition) is 1. The number of nitrogens with one attached hydrogen (secondary N) is 1. The van der Waals surface area contributed by atoms with Gasteiger partial charge in [0.2, 0.25) is 5.91 Å². The van der Waals surface area contributed by atoms with Crippen LogP contribution in [0.3, 0.4) is 0 Å². The number of rotatable bonds is 7. The molecular formula is C21H29N5OS2. The Morgan fingerprint density at radius 1 is 1.28 bits per heavy atom. The van der Waals surface area contributed by atoms with Gasteiger partial charge in [0.1, 0.15) is 16.9 Å². The van der Waals surface area contributed by atoms with Gasteiger partial charge in [0.05, 0.1) is 11.3 Å². The van der Waals surface area contributed by atoms with Gasteiger partial charge in [-0.3, -0.25) is 4.79 Å². The van der Waals surface area contributed by atoms with Gasteiger partial charge < -0.3 is 9.88 Å². The molecule has 0 saturated heterocycles.